The van der Waals surface area contributed by atoms with Gasteiger partial charge in [-0.05, 0) is 35.9 Å². The molecule has 1 unspecified atom stereocenters. The molecular weight excluding hydrogens is 424 g/mol. The first-order valence-corrected chi connectivity index (χ1v) is 9.12. The van der Waals surface area contributed by atoms with E-state index in [4.69, 9.17) is 11.6 Å². The number of amides is 2. The van der Waals surface area contributed by atoms with Crippen molar-refractivity contribution in [2.24, 2.45) is 0 Å². The molecule has 4 nitrogen and oxygen atoms in total. The second-order valence-electron chi connectivity index (χ2n) is 5.55. The second-order valence-corrected chi connectivity index (χ2v) is 7.32. The van der Waals surface area contributed by atoms with Gasteiger partial charge in [0.05, 0.1) is 10.6 Å². The lowest BCUT2D eigenvalue weighted by molar-refractivity contribution is -0.121. The van der Waals surface area contributed by atoms with Gasteiger partial charge in [-0.25, -0.2) is 0 Å². The van der Waals surface area contributed by atoms with Crippen molar-refractivity contribution in [1.29, 1.82) is 0 Å². The molecule has 2 amide bonds. The number of rotatable bonds is 3. The normalized spacial score (nSPS) is 17.2. The minimum absolute atomic E-state index is 0.136. The number of halogens is 2. The molecule has 0 radical (unpaired) electrons. The van der Waals surface area contributed by atoms with Gasteiger partial charge in [0, 0.05) is 27.5 Å². The van der Waals surface area contributed by atoms with E-state index in [2.05, 4.69) is 39.2 Å². The monoisotopic (exact) mass is 436 g/mol. The molecule has 1 aliphatic rings. The van der Waals surface area contributed by atoms with Crippen LogP contribution in [0.5, 0.6) is 0 Å². The molecule has 1 atom stereocenters. The molecule has 7 heteroatoms. The molecule has 0 saturated carbocycles. The van der Waals surface area contributed by atoms with Crippen LogP contribution < -0.4 is 10.6 Å². The zero-order valence-electron chi connectivity index (χ0n) is 12.9. The summed E-state index contributed by atoms with van der Waals surface area (Å²) in [4.78, 5) is 24.8. The Bertz CT molecular complexity index is 868. The maximum absolute atomic E-state index is 12.8. The molecule has 2 aromatic rings. The van der Waals surface area contributed by atoms with Crippen molar-refractivity contribution in [2.45, 2.75) is 12.3 Å². The second kappa shape index (κ2) is 7.64. The quantitative estimate of drug-likeness (QED) is 0.620. The number of nitrogens with one attached hydrogen (secondary N) is 2. The van der Waals surface area contributed by atoms with E-state index in [9.17, 15) is 9.59 Å². The molecule has 2 N–H and O–H groups in total. The topological polar surface area (TPSA) is 58.2 Å². The molecule has 25 heavy (non-hydrogen) atoms. The lowest BCUT2D eigenvalue weighted by atomic mass is 9.86. The molecule has 128 valence electrons. The molecule has 0 aliphatic carbocycles. The van der Waals surface area contributed by atoms with Crippen LogP contribution in [0, 0.1) is 0 Å². The Labute approximate surface area is 164 Å². The predicted molar refractivity (Wildman–Crippen MR) is 106 cm³/mol. The van der Waals surface area contributed by atoms with Crippen LogP contribution in [-0.4, -0.2) is 11.8 Å². The highest BCUT2D eigenvalue weighted by Crippen LogP contribution is 2.37. The molecule has 0 aromatic heterocycles. The van der Waals surface area contributed by atoms with Crippen molar-refractivity contribution in [3.8, 4) is 0 Å². The van der Waals surface area contributed by atoms with Gasteiger partial charge in [0.2, 0.25) is 5.91 Å². The maximum atomic E-state index is 12.8. The van der Waals surface area contributed by atoms with Crippen molar-refractivity contribution >= 4 is 57.7 Å². The zero-order chi connectivity index (χ0) is 18.0. The average Bonchev–Trinajstić information content (AvgIpc) is 2.56. The van der Waals surface area contributed by atoms with Crippen LogP contribution in [0.4, 0.5) is 5.69 Å². The van der Waals surface area contributed by atoms with E-state index in [0.29, 0.717) is 16.3 Å². The predicted octanol–water partition coefficient (Wildman–Crippen LogP) is 4.49. The summed E-state index contributed by atoms with van der Waals surface area (Å²) in [5.74, 6) is -0.974. The van der Waals surface area contributed by atoms with Crippen LogP contribution in [0.3, 0.4) is 0 Å². The van der Waals surface area contributed by atoms with E-state index in [1.807, 2.05) is 30.3 Å². The number of anilines is 1. The van der Waals surface area contributed by atoms with Crippen molar-refractivity contribution in [2.75, 3.05) is 5.32 Å². The number of thiol groups is 1. The minimum atomic E-state index is -0.453. The Balaban J connectivity index is 1.96. The average molecular weight is 438 g/mol. The number of hydrogen-bond acceptors (Lipinski definition) is 3. The van der Waals surface area contributed by atoms with Gasteiger partial charge < -0.3 is 10.6 Å². The van der Waals surface area contributed by atoms with E-state index < -0.39 is 5.92 Å². The summed E-state index contributed by atoms with van der Waals surface area (Å²) in [6, 6.07) is 14.4. The van der Waals surface area contributed by atoms with Gasteiger partial charge in [0.25, 0.3) is 5.91 Å². The fourth-order valence-electron chi connectivity index (χ4n) is 2.72. The molecule has 2 aromatic carbocycles. The van der Waals surface area contributed by atoms with Crippen molar-refractivity contribution in [3.63, 3.8) is 0 Å². The summed E-state index contributed by atoms with van der Waals surface area (Å²) in [6.07, 6.45) is 0.136. The van der Waals surface area contributed by atoms with Gasteiger partial charge >= 0.3 is 0 Å². The summed E-state index contributed by atoms with van der Waals surface area (Å²) in [5.41, 5.74) is 1.77. The van der Waals surface area contributed by atoms with Crippen LogP contribution in [0.15, 0.2) is 63.6 Å². The van der Waals surface area contributed by atoms with Crippen LogP contribution in [-0.2, 0) is 9.59 Å². The van der Waals surface area contributed by atoms with Crippen LogP contribution in [0.2, 0.25) is 5.02 Å². The minimum Gasteiger partial charge on any atom is -0.322 e. The lowest BCUT2D eigenvalue weighted by Crippen LogP contribution is -2.34. The summed E-state index contributed by atoms with van der Waals surface area (Å²) in [7, 11) is 0. The number of benzene rings is 2. The maximum Gasteiger partial charge on any atom is 0.254 e. The molecule has 0 bridgehead atoms. The third-order valence-electron chi connectivity index (χ3n) is 3.88. The smallest absolute Gasteiger partial charge is 0.254 e. The first-order valence-electron chi connectivity index (χ1n) is 7.50. The molecule has 0 saturated heterocycles. The Morgan fingerprint density at radius 3 is 2.56 bits per heavy atom. The third-order valence-corrected chi connectivity index (χ3v) is 5.10. The largest absolute Gasteiger partial charge is 0.322 e. The van der Waals surface area contributed by atoms with Gasteiger partial charge in [-0.3, -0.25) is 9.59 Å². The highest BCUT2D eigenvalue weighted by Gasteiger charge is 2.33. The van der Waals surface area contributed by atoms with E-state index in [1.165, 1.54) is 0 Å². The van der Waals surface area contributed by atoms with Crippen LogP contribution in [0.1, 0.15) is 17.9 Å². The van der Waals surface area contributed by atoms with Crippen LogP contribution in [0.25, 0.3) is 0 Å². The number of carbonyl (C=O) groups excluding carboxylic acids is 2. The molecule has 0 fully saturated rings. The molecular formula is C18H14BrClN2O2S. The Morgan fingerprint density at radius 1 is 1.20 bits per heavy atom. The Kier molecular flexibility index (Phi) is 5.51. The number of hydrogen-bond donors (Lipinski definition) is 3. The fourth-order valence-corrected chi connectivity index (χ4v) is 3.64. The zero-order valence-corrected chi connectivity index (χ0v) is 16.2. The molecule has 3 rings (SSSR count). The van der Waals surface area contributed by atoms with E-state index >= 15 is 0 Å². The lowest BCUT2D eigenvalue weighted by Gasteiger charge is -2.27. The SMILES string of the molecule is O=C1CC(c2ccccc2Cl)C(C(=O)Nc2ccc(Br)cc2)=C(S)N1. The molecule has 0 spiro atoms. The Hall–Kier alpha value is -1.76. The van der Waals surface area contributed by atoms with Crippen molar-refractivity contribution < 1.29 is 9.59 Å². The first kappa shape index (κ1) is 18.0. The summed E-state index contributed by atoms with van der Waals surface area (Å²) in [6.45, 7) is 0. The van der Waals surface area contributed by atoms with Gasteiger partial charge in [-0.1, -0.05) is 45.7 Å². The highest BCUT2D eigenvalue weighted by atomic mass is 79.9. The summed E-state index contributed by atoms with van der Waals surface area (Å²) >= 11 is 14.0. The summed E-state index contributed by atoms with van der Waals surface area (Å²) in [5, 5.41) is 6.22. The highest BCUT2D eigenvalue weighted by molar-refractivity contribution is 9.10. The number of carbonyl (C=O) groups is 2. The van der Waals surface area contributed by atoms with Crippen molar-refractivity contribution in [1.82, 2.24) is 5.32 Å². The first-order chi connectivity index (χ1) is 12.0. The van der Waals surface area contributed by atoms with Gasteiger partial charge in [0.1, 0.15) is 0 Å². The van der Waals surface area contributed by atoms with E-state index in [-0.39, 0.29) is 23.3 Å². The summed E-state index contributed by atoms with van der Waals surface area (Å²) < 4.78 is 0.915. The van der Waals surface area contributed by atoms with E-state index in [0.717, 1.165) is 10.0 Å². The third kappa shape index (κ3) is 4.08. The Morgan fingerprint density at radius 2 is 1.88 bits per heavy atom. The van der Waals surface area contributed by atoms with Crippen LogP contribution >= 0.6 is 40.2 Å². The molecule has 1 heterocycles. The fraction of sp³-hybridized carbons (Fsp3) is 0.111. The molecule has 1 aliphatic heterocycles. The van der Waals surface area contributed by atoms with Gasteiger partial charge in [0.15, 0.2) is 0 Å². The van der Waals surface area contributed by atoms with E-state index in [1.54, 1.807) is 18.2 Å². The van der Waals surface area contributed by atoms with Crippen molar-refractivity contribution in [3.05, 3.63) is 74.2 Å². The standard InChI is InChI=1S/C18H14BrClN2O2S/c19-10-5-7-11(8-6-10)21-17(24)16-13(9-15(23)22-18(16)25)12-3-1-2-4-14(12)20/h1-8,13,25H,9H2,(H,21,24)(H,22,23). The van der Waals surface area contributed by atoms with Gasteiger partial charge in [-0.2, -0.15) is 0 Å². The van der Waals surface area contributed by atoms with Gasteiger partial charge in [-0.15, -0.1) is 12.6 Å².